The summed E-state index contributed by atoms with van der Waals surface area (Å²) in [6.45, 7) is 11.0. The van der Waals surface area contributed by atoms with Crippen molar-refractivity contribution in [2.24, 2.45) is 0 Å². The Bertz CT molecular complexity index is 142. The van der Waals surface area contributed by atoms with E-state index < -0.39 is 8.07 Å². The first-order chi connectivity index (χ1) is 4.92. The van der Waals surface area contributed by atoms with Crippen molar-refractivity contribution in [3.63, 3.8) is 0 Å². The Morgan fingerprint density at radius 2 is 1.91 bits per heavy atom. The first-order valence-corrected chi connectivity index (χ1v) is 7.14. The van der Waals surface area contributed by atoms with Crippen molar-refractivity contribution in [2.75, 3.05) is 20.3 Å². The van der Waals surface area contributed by atoms with Crippen LogP contribution in [0.2, 0.25) is 12.6 Å². The first-order valence-electron chi connectivity index (χ1n) is 4.23. The lowest BCUT2D eigenvalue weighted by Crippen LogP contribution is -2.42. The van der Waals surface area contributed by atoms with E-state index in [1.807, 2.05) is 0 Å². The highest BCUT2D eigenvalue weighted by Crippen LogP contribution is 2.17. The van der Waals surface area contributed by atoms with Crippen molar-refractivity contribution in [3.8, 4) is 0 Å². The zero-order chi connectivity index (χ0) is 9.07. The fourth-order valence-corrected chi connectivity index (χ4v) is 3.74. The van der Waals surface area contributed by atoms with E-state index in [4.69, 9.17) is 0 Å². The average Bonchev–Trinajstić information content (AvgIpc) is 1.86. The van der Waals surface area contributed by atoms with E-state index in [1.165, 1.54) is 17.4 Å². The molecule has 0 saturated heterocycles. The molecule has 0 amide bonds. The van der Waals surface area contributed by atoms with Gasteiger partial charge in [0.25, 0.3) is 0 Å². The van der Waals surface area contributed by atoms with Crippen LogP contribution < -0.4 is 0 Å². The van der Waals surface area contributed by atoms with Crippen molar-refractivity contribution in [1.82, 2.24) is 4.90 Å². The van der Waals surface area contributed by atoms with E-state index >= 15 is 0 Å². The van der Waals surface area contributed by atoms with E-state index in [-0.39, 0.29) is 0 Å². The normalized spacial score (nSPS) is 16.5. The van der Waals surface area contributed by atoms with Gasteiger partial charge in [-0.3, -0.25) is 0 Å². The van der Waals surface area contributed by atoms with Crippen LogP contribution in [0.1, 0.15) is 13.8 Å². The molecule has 11 heavy (non-hydrogen) atoms. The summed E-state index contributed by atoms with van der Waals surface area (Å²) in [5, 5.41) is 1.42. The summed E-state index contributed by atoms with van der Waals surface area (Å²) in [5.74, 6) is 0. The monoisotopic (exact) mass is 171 g/mol. The lowest BCUT2D eigenvalue weighted by molar-refractivity contribution is 0.470. The fraction of sp³-hybridized carbons (Fsp3) is 0.778. The van der Waals surface area contributed by atoms with Crippen LogP contribution in [-0.2, 0) is 0 Å². The summed E-state index contributed by atoms with van der Waals surface area (Å²) in [6.07, 6.45) is 1.23. The smallest absolute Gasteiger partial charge is 0.0913 e. The predicted octanol–water partition coefficient (Wildman–Crippen LogP) is 2.30. The van der Waals surface area contributed by atoms with Gasteiger partial charge < -0.3 is 4.90 Å². The number of rotatable bonds is 4. The summed E-state index contributed by atoms with van der Waals surface area (Å²) >= 11 is 0. The second-order valence-electron chi connectivity index (χ2n) is 3.93. The number of allylic oxidation sites excluding steroid dienone is 1. The van der Waals surface area contributed by atoms with Crippen LogP contribution in [0.3, 0.4) is 0 Å². The zero-order valence-corrected chi connectivity index (χ0v) is 9.57. The highest BCUT2D eigenvalue weighted by atomic mass is 28.3. The van der Waals surface area contributed by atoms with E-state index in [9.17, 15) is 0 Å². The molecule has 0 spiro atoms. The molecule has 0 fully saturated rings. The third kappa shape index (κ3) is 3.21. The Morgan fingerprint density at radius 3 is 2.00 bits per heavy atom. The van der Waals surface area contributed by atoms with Gasteiger partial charge in [0.05, 0.1) is 8.07 Å². The highest BCUT2D eigenvalue weighted by Gasteiger charge is 2.26. The molecule has 0 aliphatic heterocycles. The van der Waals surface area contributed by atoms with Crippen LogP contribution in [0.25, 0.3) is 0 Å². The topological polar surface area (TPSA) is 3.24 Å². The molecule has 1 unspecified atom stereocenters. The van der Waals surface area contributed by atoms with Crippen LogP contribution in [0.15, 0.2) is 11.8 Å². The van der Waals surface area contributed by atoms with Crippen molar-refractivity contribution < 1.29 is 0 Å². The van der Waals surface area contributed by atoms with Gasteiger partial charge in [0.2, 0.25) is 0 Å². The number of hydrogen-bond donors (Lipinski definition) is 0. The molecule has 66 valence electrons. The third-order valence-corrected chi connectivity index (χ3v) is 7.43. The van der Waals surface area contributed by atoms with Gasteiger partial charge in [0.1, 0.15) is 0 Å². The van der Waals surface area contributed by atoms with E-state index in [0.717, 1.165) is 0 Å². The van der Waals surface area contributed by atoms with E-state index in [1.54, 1.807) is 0 Å². The lowest BCUT2D eigenvalue weighted by atomic mass is 10.7. The van der Waals surface area contributed by atoms with Crippen LogP contribution in [0.4, 0.5) is 0 Å². The van der Waals surface area contributed by atoms with Crippen molar-refractivity contribution in [3.05, 3.63) is 11.8 Å². The highest BCUT2D eigenvalue weighted by molar-refractivity contribution is 6.85. The van der Waals surface area contributed by atoms with Crippen LogP contribution >= 0.6 is 0 Å². The quantitative estimate of drug-likeness (QED) is 0.587. The number of hydrogen-bond acceptors (Lipinski definition) is 1. The largest absolute Gasteiger partial charge is 0.312 e. The molecule has 0 aromatic rings. The van der Waals surface area contributed by atoms with Gasteiger partial charge in [-0.15, -0.1) is 6.58 Å². The maximum atomic E-state index is 4.09. The Morgan fingerprint density at radius 1 is 1.45 bits per heavy atom. The average molecular weight is 171 g/mol. The maximum Gasteiger partial charge on any atom is 0.0913 e. The van der Waals surface area contributed by atoms with Gasteiger partial charge in [0.15, 0.2) is 0 Å². The Balaban J connectivity index is 4.22. The molecule has 0 aromatic carbocycles. The standard InChI is InChI=1S/C9H21NSi/c1-7-11(6,9(2)3)8-10(4)5/h2,7-8H2,1,3-6H3. The maximum absolute atomic E-state index is 4.09. The van der Waals surface area contributed by atoms with Crippen molar-refractivity contribution in [2.45, 2.75) is 26.4 Å². The fourth-order valence-electron chi connectivity index (χ4n) is 1.25. The SMILES string of the molecule is C=C(C)[Si](C)(CC)CN(C)C. The van der Waals surface area contributed by atoms with Gasteiger partial charge in [-0.25, -0.2) is 0 Å². The van der Waals surface area contributed by atoms with E-state index in [2.05, 4.69) is 46.0 Å². The second-order valence-corrected chi connectivity index (χ2v) is 8.93. The van der Waals surface area contributed by atoms with Gasteiger partial charge in [-0.1, -0.05) is 24.7 Å². The number of nitrogens with zero attached hydrogens (tertiary/aromatic N) is 1. The minimum absolute atomic E-state index is 1.13. The Kier molecular flexibility index (Phi) is 4.04. The third-order valence-electron chi connectivity index (χ3n) is 2.48. The summed E-state index contributed by atoms with van der Waals surface area (Å²) in [6, 6.07) is 1.31. The van der Waals surface area contributed by atoms with Crippen LogP contribution in [0.5, 0.6) is 0 Å². The molecule has 1 nitrogen and oxygen atoms in total. The molecular weight excluding hydrogens is 150 g/mol. The molecule has 0 heterocycles. The van der Waals surface area contributed by atoms with Gasteiger partial charge in [0, 0.05) is 0 Å². The molecule has 0 aromatic heterocycles. The first kappa shape index (κ1) is 10.9. The molecule has 0 radical (unpaired) electrons. The van der Waals surface area contributed by atoms with E-state index in [0.29, 0.717) is 0 Å². The molecule has 0 aliphatic rings. The molecule has 2 heteroatoms. The summed E-state index contributed by atoms with van der Waals surface area (Å²) in [5.41, 5.74) is 0. The Labute approximate surface area is 72.1 Å². The van der Waals surface area contributed by atoms with Crippen molar-refractivity contribution >= 4 is 8.07 Å². The predicted molar refractivity (Wildman–Crippen MR) is 55.5 cm³/mol. The molecule has 0 saturated carbocycles. The summed E-state index contributed by atoms with van der Waals surface area (Å²) in [7, 11) is 3.15. The Hall–Kier alpha value is -0.0831. The zero-order valence-electron chi connectivity index (χ0n) is 8.57. The second kappa shape index (κ2) is 4.07. The molecule has 0 N–H and O–H groups in total. The summed E-state index contributed by atoms with van der Waals surface area (Å²) in [4.78, 5) is 2.28. The molecular formula is C9H21NSi. The molecule has 1 atom stereocenters. The van der Waals surface area contributed by atoms with Gasteiger partial charge >= 0.3 is 0 Å². The molecule has 0 bridgehead atoms. The molecule has 0 rings (SSSR count). The van der Waals surface area contributed by atoms with Crippen LogP contribution in [0, 0.1) is 0 Å². The molecule has 0 aliphatic carbocycles. The minimum Gasteiger partial charge on any atom is -0.312 e. The summed E-state index contributed by atoms with van der Waals surface area (Å²) < 4.78 is 0. The minimum atomic E-state index is -1.13. The lowest BCUT2D eigenvalue weighted by Gasteiger charge is -2.29. The van der Waals surface area contributed by atoms with Crippen molar-refractivity contribution in [1.29, 1.82) is 0 Å². The van der Waals surface area contributed by atoms with Gasteiger partial charge in [-0.2, -0.15) is 0 Å². The van der Waals surface area contributed by atoms with Crippen LogP contribution in [-0.4, -0.2) is 33.2 Å². The van der Waals surface area contributed by atoms with Gasteiger partial charge in [-0.05, 0) is 27.2 Å².